The average molecular weight is 385 g/mol. The quantitative estimate of drug-likeness (QED) is 0.813. The fourth-order valence-electron chi connectivity index (χ4n) is 3.80. The number of imide groups is 1. The van der Waals surface area contributed by atoms with Crippen molar-refractivity contribution in [2.24, 2.45) is 4.99 Å². The third-order valence-electron chi connectivity index (χ3n) is 5.34. The van der Waals surface area contributed by atoms with Crippen molar-refractivity contribution < 1.29 is 19.1 Å². The molecule has 3 amide bonds. The van der Waals surface area contributed by atoms with Gasteiger partial charge in [0.25, 0.3) is 5.91 Å². The van der Waals surface area contributed by atoms with Gasteiger partial charge >= 0.3 is 6.03 Å². The van der Waals surface area contributed by atoms with Crippen molar-refractivity contribution in [2.75, 3.05) is 27.8 Å². The molecule has 1 fully saturated rings. The van der Waals surface area contributed by atoms with Crippen molar-refractivity contribution in [3.05, 3.63) is 35.7 Å². The second kappa shape index (κ2) is 6.74. The van der Waals surface area contributed by atoms with Crippen LogP contribution in [0, 0.1) is 0 Å². The third-order valence-corrected chi connectivity index (χ3v) is 5.34. The zero-order chi connectivity index (χ0) is 20.0. The Morgan fingerprint density at radius 2 is 1.93 bits per heavy atom. The Labute approximate surface area is 163 Å². The maximum atomic E-state index is 12.4. The van der Waals surface area contributed by atoms with Gasteiger partial charge in [-0.2, -0.15) is 0 Å². The largest absolute Gasteiger partial charge is 0.493 e. The summed E-state index contributed by atoms with van der Waals surface area (Å²) >= 11 is 0. The van der Waals surface area contributed by atoms with Crippen molar-refractivity contribution in [2.45, 2.75) is 25.6 Å². The first-order valence-electron chi connectivity index (χ1n) is 9.05. The fourth-order valence-corrected chi connectivity index (χ4v) is 3.80. The van der Waals surface area contributed by atoms with E-state index in [1.54, 1.807) is 21.3 Å². The lowest BCUT2D eigenvalue weighted by Crippen LogP contribution is -2.62. The topological polar surface area (TPSA) is 86.7 Å². The smallest absolute Gasteiger partial charge is 0.325 e. The Morgan fingerprint density at radius 1 is 1.18 bits per heavy atom. The number of amides is 3. The number of nitrogens with one attached hydrogen (secondary N) is 1. The Kier molecular flexibility index (Phi) is 4.37. The summed E-state index contributed by atoms with van der Waals surface area (Å²) in [5, 5.41) is 2.38. The van der Waals surface area contributed by atoms with Crippen LogP contribution in [0.2, 0.25) is 0 Å². The minimum atomic E-state index is -0.529. The number of carbonyl (C=O) groups excluding carboxylic acids is 2. The minimum Gasteiger partial charge on any atom is -0.493 e. The summed E-state index contributed by atoms with van der Waals surface area (Å²) in [5.74, 6) is 1.76. The molecular formula is C19H23N5O4. The number of nitrogens with zero attached hydrogens (tertiary/aromatic N) is 4. The van der Waals surface area contributed by atoms with Crippen molar-refractivity contribution in [3.8, 4) is 11.5 Å². The van der Waals surface area contributed by atoms with Crippen LogP contribution in [-0.4, -0.2) is 72.6 Å². The standard InChI is InChI=1S/C19H23N5O4/c1-11-10-24-15-16(22(2)19(26)21-17(15)25)20-18(24)23(11)8-7-12-5-6-13(27-3)14(9-12)28-4/h5-6,9-10,15-16H,7-8H2,1-4H3,(H,21,25,26). The predicted octanol–water partition coefficient (Wildman–Crippen LogP) is 0.971. The number of methoxy groups -OCH3 is 2. The van der Waals surface area contributed by atoms with Crippen LogP contribution >= 0.6 is 0 Å². The van der Waals surface area contributed by atoms with E-state index in [2.05, 4.69) is 15.2 Å². The first kappa shape index (κ1) is 18.1. The molecule has 0 aromatic heterocycles. The number of fused-ring (bicyclic) bond motifs is 3. The van der Waals surface area contributed by atoms with Crippen LogP contribution in [0.15, 0.2) is 35.1 Å². The van der Waals surface area contributed by atoms with E-state index >= 15 is 0 Å². The number of urea groups is 1. The van der Waals surface area contributed by atoms with Crippen molar-refractivity contribution in [1.82, 2.24) is 20.0 Å². The van der Waals surface area contributed by atoms with Crippen LogP contribution in [0.1, 0.15) is 12.5 Å². The third kappa shape index (κ3) is 2.74. The lowest BCUT2D eigenvalue weighted by atomic mass is 10.1. The van der Waals surface area contributed by atoms with Crippen LogP contribution in [0.25, 0.3) is 0 Å². The van der Waals surface area contributed by atoms with Gasteiger partial charge in [-0.15, -0.1) is 0 Å². The fraction of sp³-hybridized carbons (Fsp3) is 0.421. The lowest BCUT2D eigenvalue weighted by molar-refractivity contribution is -0.126. The van der Waals surface area contributed by atoms with E-state index < -0.39 is 18.2 Å². The number of allylic oxidation sites excluding steroid dienone is 1. The Hall–Kier alpha value is -3.23. The van der Waals surface area contributed by atoms with Crippen LogP contribution in [-0.2, 0) is 11.2 Å². The summed E-state index contributed by atoms with van der Waals surface area (Å²) in [5.41, 5.74) is 2.11. The maximum absolute atomic E-state index is 12.4. The summed E-state index contributed by atoms with van der Waals surface area (Å²) in [6.45, 7) is 2.67. The van der Waals surface area contributed by atoms with E-state index in [9.17, 15) is 9.59 Å². The number of carbonyl (C=O) groups is 2. The number of hydrogen-bond donors (Lipinski definition) is 1. The summed E-state index contributed by atoms with van der Waals surface area (Å²) in [6.07, 6.45) is 2.17. The molecule has 3 aliphatic rings. The number of likely N-dealkylation sites (N-methyl/N-ethyl adjacent to an activating group) is 1. The van der Waals surface area contributed by atoms with E-state index in [0.717, 1.165) is 17.7 Å². The van der Waals surface area contributed by atoms with Crippen molar-refractivity contribution >= 4 is 17.9 Å². The molecule has 2 unspecified atom stereocenters. The molecule has 4 rings (SSSR count). The van der Waals surface area contributed by atoms with Crippen LogP contribution < -0.4 is 14.8 Å². The SMILES string of the molecule is COc1ccc(CCN2C(C)=CN3C2=NC2C3C(=O)NC(=O)N2C)cc1OC. The predicted molar refractivity (Wildman–Crippen MR) is 102 cm³/mol. The molecule has 1 aromatic rings. The van der Waals surface area contributed by atoms with Gasteiger partial charge in [0.1, 0.15) is 0 Å². The molecule has 9 heteroatoms. The molecule has 2 atom stereocenters. The molecular weight excluding hydrogens is 362 g/mol. The molecule has 3 aliphatic heterocycles. The summed E-state index contributed by atoms with van der Waals surface area (Å²) in [7, 11) is 4.88. The van der Waals surface area contributed by atoms with E-state index in [1.807, 2.05) is 36.2 Å². The highest BCUT2D eigenvalue weighted by Crippen LogP contribution is 2.32. The summed E-state index contributed by atoms with van der Waals surface area (Å²) < 4.78 is 10.7. The normalized spacial score (nSPS) is 23.2. The second-order valence-corrected chi connectivity index (χ2v) is 6.96. The molecule has 3 heterocycles. The van der Waals surface area contributed by atoms with Crippen molar-refractivity contribution in [3.63, 3.8) is 0 Å². The summed E-state index contributed by atoms with van der Waals surface area (Å²) in [6, 6.07) is 4.90. The van der Waals surface area contributed by atoms with Gasteiger partial charge in [0, 0.05) is 25.5 Å². The minimum absolute atomic E-state index is 0.322. The molecule has 1 N–H and O–H groups in total. The maximum Gasteiger partial charge on any atom is 0.325 e. The molecule has 1 aromatic carbocycles. The number of guanidine groups is 1. The van der Waals surface area contributed by atoms with Gasteiger partial charge in [0.2, 0.25) is 5.96 Å². The number of ether oxygens (including phenoxy) is 2. The van der Waals surface area contributed by atoms with Gasteiger partial charge in [0.05, 0.1) is 14.2 Å². The first-order chi connectivity index (χ1) is 13.4. The number of benzene rings is 1. The Balaban J connectivity index is 1.53. The molecule has 1 saturated heterocycles. The van der Waals surface area contributed by atoms with Gasteiger partial charge in [0.15, 0.2) is 23.7 Å². The molecule has 9 nitrogen and oxygen atoms in total. The Bertz CT molecular complexity index is 896. The zero-order valence-electron chi connectivity index (χ0n) is 16.3. The monoisotopic (exact) mass is 385 g/mol. The van der Waals surface area contributed by atoms with Gasteiger partial charge in [-0.05, 0) is 31.0 Å². The van der Waals surface area contributed by atoms with E-state index in [4.69, 9.17) is 9.47 Å². The Morgan fingerprint density at radius 3 is 2.64 bits per heavy atom. The molecule has 0 saturated carbocycles. The average Bonchev–Trinajstić information content (AvgIpc) is 3.19. The first-order valence-corrected chi connectivity index (χ1v) is 9.05. The summed E-state index contributed by atoms with van der Waals surface area (Å²) in [4.78, 5) is 34.3. The van der Waals surface area contributed by atoms with E-state index in [-0.39, 0.29) is 5.91 Å². The lowest BCUT2D eigenvalue weighted by Gasteiger charge is -2.34. The number of hydrogen-bond acceptors (Lipinski definition) is 7. The van der Waals surface area contributed by atoms with Crippen LogP contribution in [0.3, 0.4) is 0 Å². The molecule has 0 spiro atoms. The van der Waals surface area contributed by atoms with E-state index in [1.165, 1.54) is 4.90 Å². The molecule has 0 aliphatic carbocycles. The molecule has 0 radical (unpaired) electrons. The highest BCUT2D eigenvalue weighted by molar-refractivity contribution is 6.04. The van der Waals surface area contributed by atoms with Crippen molar-refractivity contribution in [1.29, 1.82) is 0 Å². The van der Waals surface area contributed by atoms with Gasteiger partial charge < -0.3 is 24.2 Å². The highest BCUT2D eigenvalue weighted by Gasteiger charge is 2.51. The van der Waals surface area contributed by atoms with Crippen LogP contribution in [0.4, 0.5) is 4.79 Å². The van der Waals surface area contributed by atoms with Crippen LogP contribution in [0.5, 0.6) is 11.5 Å². The molecule has 148 valence electrons. The number of rotatable bonds is 5. The highest BCUT2D eigenvalue weighted by atomic mass is 16.5. The zero-order valence-corrected chi connectivity index (χ0v) is 16.3. The molecule has 28 heavy (non-hydrogen) atoms. The van der Waals surface area contributed by atoms with Gasteiger partial charge in [-0.1, -0.05) is 6.07 Å². The van der Waals surface area contributed by atoms with Gasteiger partial charge in [-0.25, -0.2) is 9.79 Å². The second-order valence-electron chi connectivity index (χ2n) is 6.96. The molecule has 0 bridgehead atoms. The number of aliphatic imine (C=N–C) groups is 1. The van der Waals surface area contributed by atoms with E-state index in [0.29, 0.717) is 24.0 Å². The van der Waals surface area contributed by atoms with Gasteiger partial charge in [-0.3, -0.25) is 10.1 Å².